The average molecular weight is 333 g/mol. The fourth-order valence-electron chi connectivity index (χ4n) is 2.86. The lowest BCUT2D eigenvalue weighted by atomic mass is 10.1. The number of carbonyl (C=O) groups excluding carboxylic acids is 1. The molecule has 1 aromatic rings. The molecule has 2 N–H and O–H groups in total. The summed E-state index contributed by atoms with van der Waals surface area (Å²) in [6.07, 6.45) is -0.859. The molecule has 0 aromatic heterocycles. The summed E-state index contributed by atoms with van der Waals surface area (Å²) in [5, 5.41) is 12.1. The summed E-state index contributed by atoms with van der Waals surface area (Å²) < 4.78 is 0. The van der Waals surface area contributed by atoms with Gasteiger partial charge in [-0.2, -0.15) is 0 Å². The molecule has 1 fully saturated rings. The monoisotopic (exact) mass is 333 g/mol. The third-order valence-corrected chi connectivity index (χ3v) is 4.10. The molecule has 0 spiro atoms. The van der Waals surface area contributed by atoms with E-state index in [1.165, 1.54) is 4.90 Å². The van der Waals surface area contributed by atoms with E-state index in [-0.39, 0.29) is 17.5 Å². The smallest absolute Gasteiger partial charge is 0.407 e. The molecule has 1 atom stereocenters. The Bertz CT molecular complexity index is 610. The van der Waals surface area contributed by atoms with Crippen LogP contribution >= 0.6 is 0 Å². The topological polar surface area (TPSA) is 72.9 Å². The Hall–Kier alpha value is -2.08. The standard InChI is InChI=1S/C18H27N3O3/c1-13-11-21(17(23)24)9-8-20(13)12-14-6-5-7-15(10-14)16(22)19-18(2,3)4/h5-7,10,13H,8-9,11-12H2,1-4H3,(H,19,22)(H,23,24). The van der Waals surface area contributed by atoms with Gasteiger partial charge in [-0.3, -0.25) is 9.69 Å². The van der Waals surface area contributed by atoms with Gasteiger partial charge < -0.3 is 15.3 Å². The van der Waals surface area contributed by atoms with E-state index in [0.717, 1.165) is 5.56 Å². The van der Waals surface area contributed by atoms with Crippen molar-refractivity contribution in [3.05, 3.63) is 35.4 Å². The van der Waals surface area contributed by atoms with Crippen LogP contribution in [0.1, 0.15) is 43.6 Å². The molecule has 1 aliphatic rings. The summed E-state index contributed by atoms with van der Waals surface area (Å²) in [4.78, 5) is 27.1. The number of rotatable bonds is 3. The van der Waals surface area contributed by atoms with Gasteiger partial charge in [0.25, 0.3) is 5.91 Å². The molecular formula is C18H27N3O3. The van der Waals surface area contributed by atoms with Gasteiger partial charge in [-0.05, 0) is 45.4 Å². The zero-order valence-electron chi connectivity index (χ0n) is 14.9. The normalized spacial score (nSPS) is 19.2. The molecule has 0 aliphatic carbocycles. The minimum Gasteiger partial charge on any atom is -0.465 e. The molecular weight excluding hydrogens is 306 g/mol. The van der Waals surface area contributed by atoms with Crippen molar-refractivity contribution in [3.63, 3.8) is 0 Å². The van der Waals surface area contributed by atoms with Gasteiger partial charge in [0.1, 0.15) is 0 Å². The van der Waals surface area contributed by atoms with E-state index in [1.807, 2.05) is 52.0 Å². The first kappa shape index (κ1) is 18.3. The lowest BCUT2D eigenvalue weighted by Crippen LogP contribution is -2.52. The number of hydrogen-bond donors (Lipinski definition) is 2. The molecule has 0 bridgehead atoms. The summed E-state index contributed by atoms with van der Waals surface area (Å²) in [5.74, 6) is -0.0758. The number of hydrogen-bond acceptors (Lipinski definition) is 3. The van der Waals surface area contributed by atoms with Crippen molar-refractivity contribution in [2.45, 2.75) is 45.8 Å². The minimum atomic E-state index is -0.859. The number of piperazine rings is 1. The van der Waals surface area contributed by atoms with Crippen LogP contribution in [0.25, 0.3) is 0 Å². The SMILES string of the molecule is CC1CN(C(=O)O)CCN1Cc1cccc(C(=O)NC(C)(C)C)c1. The van der Waals surface area contributed by atoms with Crippen LogP contribution in [-0.4, -0.2) is 58.1 Å². The van der Waals surface area contributed by atoms with Crippen LogP contribution in [0.3, 0.4) is 0 Å². The molecule has 1 heterocycles. The molecule has 6 nitrogen and oxygen atoms in total. The zero-order chi connectivity index (χ0) is 17.9. The van der Waals surface area contributed by atoms with Crippen LogP contribution in [0.2, 0.25) is 0 Å². The average Bonchev–Trinajstić information content (AvgIpc) is 2.47. The Morgan fingerprint density at radius 2 is 2.00 bits per heavy atom. The van der Waals surface area contributed by atoms with Crippen molar-refractivity contribution in [3.8, 4) is 0 Å². The summed E-state index contributed by atoms with van der Waals surface area (Å²) in [6.45, 7) is 10.3. The number of nitrogens with one attached hydrogen (secondary N) is 1. The Morgan fingerprint density at radius 1 is 1.29 bits per heavy atom. The quantitative estimate of drug-likeness (QED) is 0.891. The van der Waals surface area contributed by atoms with Crippen molar-refractivity contribution >= 4 is 12.0 Å². The van der Waals surface area contributed by atoms with Gasteiger partial charge in [-0.25, -0.2) is 4.79 Å². The molecule has 1 aliphatic heterocycles. The second kappa shape index (κ2) is 7.21. The lowest BCUT2D eigenvalue weighted by Gasteiger charge is -2.38. The van der Waals surface area contributed by atoms with Gasteiger partial charge in [0, 0.05) is 43.3 Å². The van der Waals surface area contributed by atoms with Crippen molar-refractivity contribution in [2.75, 3.05) is 19.6 Å². The minimum absolute atomic E-state index is 0.0758. The fraction of sp³-hybridized carbons (Fsp3) is 0.556. The van der Waals surface area contributed by atoms with Gasteiger partial charge >= 0.3 is 6.09 Å². The van der Waals surface area contributed by atoms with Crippen molar-refractivity contribution in [1.29, 1.82) is 0 Å². The van der Waals surface area contributed by atoms with Gasteiger partial charge in [0.15, 0.2) is 0 Å². The van der Waals surface area contributed by atoms with E-state index >= 15 is 0 Å². The summed E-state index contributed by atoms with van der Waals surface area (Å²) in [6, 6.07) is 7.78. The highest BCUT2D eigenvalue weighted by molar-refractivity contribution is 5.94. The molecule has 2 rings (SSSR count). The number of benzene rings is 1. The molecule has 0 radical (unpaired) electrons. The summed E-state index contributed by atoms with van der Waals surface area (Å²) >= 11 is 0. The molecule has 132 valence electrons. The first-order chi connectivity index (χ1) is 11.2. The Morgan fingerprint density at radius 3 is 2.58 bits per heavy atom. The first-order valence-corrected chi connectivity index (χ1v) is 8.29. The maximum atomic E-state index is 12.3. The second-order valence-corrected chi connectivity index (χ2v) is 7.45. The summed E-state index contributed by atoms with van der Waals surface area (Å²) in [5.41, 5.74) is 1.45. The van der Waals surface area contributed by atoms with Crippen LogP contribution in [0.5, 0.6) is 0 Å². The number of amides is 2. The predicted molar refractivity (Wildman–Crippen MR) is 93.1 cm³/mol. The van der Waals surface area contributed by atoms with Crippen LogP contribution in [0.15, 0.2) is 24.3 Å². The zero-order valence-corrected chi connectivity index (χ0v) is 14.9. The number of carboxylic acid groups (broad SMARTS) is 1. The fourth-order valence-corrected chi connectivity index (χ4v) is 2.86. The molecule has 1 unspecified atom stereocenters. The van der Waals surface area contributed by atoms with E-state index in [9.17, 15) is 9.59 Å². The van der Waals surface area contributed by atoms with Gasteiger partial charge in [-0.1, -0.05) is 12.1 Å². The third-order valence-electron chi connectivity index (χ3n) is 4.10. The van der Waals surface area contributed by atoms with Crippen LogP contribution in [0.4, 0.5) is 4.79 Å². The van der Waals surface area contributed by atoms with Crippen molar-refractivity contribution < 1.29 is 14.7 Å². The maximum Gasteiger partial charge on any atom is 0.407 e. The molecule has 2 amide bonds. The van der Waals surface area contributed by atoms with Crippen LogP contribution in [-0.2, 0) is 6.54 Å². The largest absolute Gasteiger partial charge is 0.465 e. The molecule has 1 aromatic carbocycles. The Labute approximate surface area is 143 Å². The van der Waals surface area contributed by atoms with E-state index in [1.54, 1.807) is 0 Å². The van der Waals surface area contributed by atoms with Gasteiger partial charge in [-0.15, -0.1) is 0 Å². The Kier molecular flexibility index (Phi) is 5.49. The second-order valence-electron chi connectivity index (χ2n) is 7.45. The van der Waals surface area contributed by atoms with Gasteiger partial charge in [0.2, 0.25) is 0 Å². The molecule has 24 heavy (non-hydrogen) atoms. The maximum absolute atomic E-state index is 12.3. The predicted octanol–water partition coefficient (Wildman–Crippen LogP) is 2.40. The van der Waals surface area contributed by atoms with E-state index in [2.05, 4.69) is 10.2 Å². The van der Waals surface area contributed by atoms with Crippen LogP contribution in [0, 0.1) is 0 Å². The van der Waals surface area contributed by atoms with Gasteiger partial charge in [0.05, 0.1) is 0 Å². The van der Waals surface area contributed by atoms with Crippen molar-refractivity contribution in [2.24, 2.45) is 0 Å². The van der Waals surface area contributed by atoms with Crippen LogP contribution < -0.4 is 5.32 Å². The highest BCUT2D eigenvalue weighted by Crippen LogP contribution is 2.15. The third kappa shape index (κ3) is 4.96. The highest BCUT2D eigenvalue weighted by Gasteiger charge is 2.26. The van der Waals surface area contributed by atoms with E-state index < -0.39 is 6.09 Å². The molecule has 1 saturated heterocycles. The first-order valence-electron chi connectivity index (χ1n) is 8.29. The number of nitrogens with zero attached hydrogens (tertiary/aromatic N) is 2. The molecule has 0 saturated carbocycles. The van der Waals surface area contributed by atoms with E-state index in [0.29, 0.717) is 31.7 Å². The van der Waals surface area contributed by atoms with E-state index in [4.69, 9.17) is 5.11 Å². The highest BCUT2D eigenvalue weighted by atomic mass is 16.4. The lowest BCUT2D eigenvalue weighted by molar-refractivity contribution is 0.0711. The Balaban J connectivity index is 2.02. The summed E-state index contributed by atoms with van der Waals surface area (Å²) in [7, 11) is 0. The number of carbonyl (C=O) groups is 2. The van der Waals surface area contributed by atoms with Crippen molar-refractivity contribution in [1.82, 2.24) is 15.1 Å². The molecule has 6 heteroatoms.